The van der Waals surface area contributed by atoms with Crippen LogP contribution in [0.1, 0.15) is 70.0 Å². The normalized spacial score (nSPS) is 20.6. The molecule has 6 heteroatoms. The van der Waals surface area contributed by atoms with Crippen molar-refractivity contribution < 1.29 is 4.79 Å². The van der Waals surface area contributed by atoms with Crippen molar-refractivity contribution >= 4 is 17.0 Å². The minimum atomic E-state index is -0.0427. The van der Waals surface area contributed by atoms with E-state index in [2.05, 4.69) is 42.0 Å². The molecule has 0 N–H and O–H groups in total. The van der Waals surface area contributed by atoms with Crippen LogP contribution in [0, 0.1) is 13.8 Å². The molecule has 0 aromatic carbocycles. The number of hydrogen-bond donors (Lipinski definition) is 0. The molecule has 188 valence electrons. The number of fused-ring (bicyclic) bond motifs is 1. The molecule has 0 saturated heterocycles. The second kappa shape index (κ2) is 10.0. The minimum Gasteiger partial charge on any atom is -0.296 e. The molecule has 0 radical (unpaired) electrons. The van der Waals surface area contributed by atoms with Gasteiger partial charge in [0.05, 0.1) is 28.8 Å². The summed E-state index contributed by atoms with van der Waals surface area (Å²) in [6.45, 7) is 12.3. The Morgan fingerprint density at radius 3 is 2.72 bits per heavy atom. The van der Waals surface area contributed by atoms with Crippen LogP contribution in [-0.2, 0) is 4.79 Å². The van der Waals surface area contributed by atoms with Crippen LogP contribution in [0.15, 0.2) is 65.2 Å². The van der Waals surface area contributed by atoms with Crippen molar-refractivity contribution in [2.24, 2.45) is 0 Å². The molecule has 0 spiro atoms. The molecule has 2 aromatic heterocycles. The van der Waals surface area contributed by atoms with Crippen LogP contribution in [0.4, 0.5) is 0 Å². The molecule has 0 atom stereocenters. The van der Waals surface area contributed by atoms with E-state index in [4.69, 9.17) is 5.10 Å². The van der Waals surface area contributed by atoms with Gasteiger partial charge in [0.2, 0.25) is 0 Å². The van der Waals surface area contributed by atoms with Crippen LogP contribution >= 0.6 is 0 Å². The third-order valence-corrected chi connectivity index (χ3v) is 7.35. The van der Waals surface area contributed by atoms with Gasteiger partial charge in [-0.25, -0.2) is 4.52 Å². The summed E-state index contributed by atoms with van der Waals surface area (Å²) >= 11 is 0. The number of rotatable bonds is 6. The van der Waals surface area contributed by atoms with E-state index in [1.165, 1.54) is 18.4 Å². The predicted molar refractivity (Wildman–Crippen MR) is 145 cm³/mol. The highest BCUT2D eigenvalue weighted by atomic mass is 16.2. The minimum absolute atomic E-state index is 0.0427. The van der Waals surface area contributed by atoms with Crippen molar-refractivity contribution in [2.45, 2.75) is 72.8 Å². The topological polar surface area (TPSA) is 53.7 Å². The van der Waals surface area contributed by atoms with Crippen LogP contribution in [-0.4, -0.2) is 49.4 Å². The lowest BCUT2D eigenvalue weighted by Gasteiger charge is -2.31. The van der Waals surface area contributed by atoms with Gasteiger partial charge in [-0.1, -0.05) is 25.5 Å². The molecule has 2 aromatic rings. The number of amides is 1. The summed E-state index contributed by atoms with van der Waals surface area (Å²) in [7, 11) is 0. The van der Waals surface area contributed by atoms with Crippen molar-refractivity contribution in [3.63, 3.8) is 0 Å². The van der Waals surface area contributed by atoms with Gasteiger partial charge >= 0.3 is 0 Å². The Morgan fingerprint density at radius 1 is 1.22 bits per heavy atom. The maximum Gasteiger partial charge on any atom is 0.255 e. The van der Waals surface area contributed by atoms with E-state index in [1.807, 2.05) is 48.6 Å². The summed E-state index contributed by atoms with van der Waals surface area (Å²) in [5.74, 6) is -0.0427. The quantitative estimate of drug-likeness (QED) is 0.480. The monoisotopic (exact) mass is 483 g/mol. The molecule has 2 aliphatic heterocycles. The average Bonchev–Trinajstić information content (AvgIpc) is 3.61. The molecule has 0 unspecified atom stereocenters. The van der Waals surface area contributed by atoms with E-state index in [0.29, 0.717) is 0 Å². The van der Waals surface area contributed by atoms with Gasteiger partial charge in [-0.15, -0.1) is 0 Å². The summed E-state index contributed by atoms with van der Waals surface area (Å²) in [6, 6.07) is 2.80. The van der Waals surface area contributed by atoms with Gasteiger partial charge in [-0.3, -0.25) is 19.6 Å². The second-order valence-electron chi connectivity index (χ2n) is 10.4. The van der Waals surface area contributed by atoms with E-state index in [0.717, 1.165) is 83.4 Å². The van der Waals surface area contributed by atoms with Crippen molar-refractivity contribution in [1.29, 1.82) is 0 Å². The first-order valence-electron chi connectivity index (χ1n) is 13.2. The zero-order valence-corrected chi connectivity index (χ0v) is 22.2. The summed E-state index contributed by atoms with van der Waals surface area (Å²) in [4.78, 5) is 22.6. The Balaban J connectivity index is 1.44. The maximum atomic E-state index is 13.7. The Labute approximate surface area is 214 Å². The van der Waals surface area contributed by atoms with Gasteiger partial charge in [0.15, 0.2) is 0 Å². The molecule has 0 bridgehead atoms. The average molecular weight is 484 g/mol. The van der Waals surface area contributed by atoms with Crippen LogP contribution in [0.2, 0.25) is 0 Å². The molecule has 1 amide bonds. The van der Waals surface area contributed by atoms with Crippen molar-refractivity contribution in [3.8, 4) is 0 Å². The van der Waals surface area contributed by atoms with Crippen molar-refractivity contribution in [2.75, 3.05) is 13.1 Å². The first kappa shape index (κ1) is 24.4. The highest BCUT2D eigenvalue weighted by Crippen LogP contribution is 2.34. The van der Waals surface area contributed by atoms with E-state index in [1.54, 1.807) is 6.08 Å². The lowest BCUT2D eigenvalue weighted by atomic mass is 9.94. The number of carbonyl (C=O) groups is 1. The fourth-order valence-corrected chi connectivity index (χ4v) is 5.17. The van der Waals surface area contributed by atoms with Crippen LogP contribution in [0.5, 0.6) is 0 Å². The van der Waals surface area contributed by atoms with Gasteiger partial charge in [0.1, 0.15) is 0 Å². The highest BCUT2D eigenvalue weighted by molar-refractivity contribution is 5.97. The van der Waals surface area contributed by atoms with Crippen LogP contribution < -0.4 is 0 Å². The van der Waals surface area contributed by atoms with Crippen molar-refractivity contribution in [3.05, 3.63) is 82.3 Å². The molecule has 1 saturated carbocycles. The Bertz CT molecular complexity index is 1350. The number of hydrogen-bond acceptors (Lipinski definition) is 4. The predicted octanol–water partition coefficient (Wildman–Crippen LogP) is 5.90. The highest BCUT2D eigenvalue weighted by Gasteiger charge is 2.30. The summed E-state index contributed by atoms with van der Waals surface area (Å²) in [6.07, 6.45) is 18.2. The van der Waals surface area contributed by atoms with Crippen LogP contribution in [0.25, 0.3) is 11.1 Å². The first-order chi connectivity index (χ1) is 17.3. The zero-order chi connectivity index (χ0) is 25.4. The Kier molecular flexibility index (Phi) is 6.80. The van der Waals surface area contributed by atoms with E-state index < -0.39 is 0 Å². The number of carbonyl (C=O) groups excluding carboxylic acids is 1. The molecule has 6 nitrogen and oxygen atoms in total. The van der Waals surface area contributed by atoms with E-state index in [9.17, 15) is 4.79 Å². The Morgan fingerprint density at radius 2 is 2.03 bits per heavy atom. The van der Waals surface area contributed by atoms with E-state index >= 15 is 0 Å². The molecule has 5 rings (SSSR count). The lowest BCUT2D eigenvalue weighted by molar-refractivity contribution is -0.122. The van der Waals surface area contributed by atoms with Gasteiger partial charge in [-0.05, 0) is 87.8 Å². The summed E-state index contributed by atoms with van der Waals surface area (Å²) < 4.78 is 1.85. The number of aromatic nitrogens is 3. The summed E-state index contributed by atoms with van der Waals surface area (Å²) in [5.41, 5.74) is 9.07. The van der Waals surface area contributed by atoms with Gasteiger partial charge in [0.25, 0.3) is 5.91 Å². The number of aryl methyl sites for hydroxylation is 2. The summed E-state index contributed by atoms with van der Waals surface area (Å²) in [5, 5.41) is 4.71. The standard InChI is InChI=1S/C30H37N5O/c1-6-7-8-28-21(3)15-25(24-11-13-33(14-12-24)26-9-10-26)19-34(28)30(36)16-20(2)27-17-29-23(5)31-22(4)18-35(29)32-27/h8,11,15-19,26H,6-7,9-10,12-14H2,1-5H3. The molecule has 1 aliphatic carbocycles. The molecular formula is C30H37N5O. The Hall–Kier alpha value is -3.25. The number of unbranched alkanes of at least 4 members (excludes halogenated alkanes) is 1. The largest absolute Gasteiger partial charge is 0.296 e. The van der Waals surface area contributed by atoms with Gasteiger partial charge in [-0.2, -0.15) is 5.10 Å². The second-order valence-corrected chi connectivity index (χ2v) is 10.4. The molecule has 1 fully saturated rings. The number of allylic oxidation sites excluding steroid dienone is 5. The molecule has 3 aliphatic rings. The smallest absolute Gasteiger partial charge is 0.255 e. The van der Waals surface area contributed by atoms with Gasteiger partial charge < -0.3 is 0 Å². The number of nitrogens with zero attached hydrogens (tertiary/aromatic N) is 5. The van der Waals surface area contributed by atoms with E-state index in [-0.39, 0.29) is 5.91 Å². The fraction of sp³-hybridized carbons (Fsp3) is 0.433. The molecular weight excluding hydrogens is 446 g/mol. The third-order valence-electron chi connectivity index (χ3n) is 7.35. The molecule has 4 heterocycles. The van der Waals surface area contributed by atoms with Gasteiger partial charge in [0, 0.05) is 37.1 Å². The SMILES string of the molecule is CCCC=C1C(C)=CC(C2=CCN(C3CC3)CC2)=CN1C(=O)C=C(C)c1cc2c(C)nc(C)cn2n1. The first-order valence-corrected chi connectivity index (χ1v) is 13.2. The lowest BCUT2D eigenvalue weighted by Crippen LogP contribution is -2.32. The maximum absolute atomic E-state index is 13.7. The van der Waals surface area contributed by atoms with Crippen molar-refractivity contribution in [1.82, 2.24) is 24.4 Å². The zero-order valence-electron chi connectivity index (χ0n) is 22.2. The van der Waals surface area contributed by atoms with Crippen LogP contribution in [0.3, 0.4) is 0 Å². The molecule has 36 heavy (non-hydrogen) atoms. The third kappa shape index (κ3) is 5.00. The fourth-order valence-electron chi connectivity index (χ4n) is 5.17.